The molecule has 0 atom stereocenters. The number of amides is 1. The molecule has 0 aliphatic heterocycles. The van der Waals surface area contributed by atoms with E-state index in [-0.39, 0.29) is 23.9 Å². The van der Waals surface area contributed by atoms with E-state index in [4.69, 9.17) is 5.41 Å². The smallest absolute Gasteiger partial charge is 0.240 e. The molecule has 4 bridgehead atoms. The van der Waals surface area contributed by atoms with Gasteiger partial charge in [0.25, 0.3) is 0 Å². The molecule has 1 heterocycles. The number of nitrogens with one attached hydrogen (secondary N) is 2. The van der Waals surface area contributed by atoms with Crippen LogP contribution in [-0.4, -0.2) is 16.0 Å². The van der Waals surface area contributed by atoms with Gasteiger partial charge in [0.05, 0.1) is 10.9 Å². The Labute approximate surface area is 159 Å². The highest BCUT2D eigenvalue weighted by atomic mass is 35.5. The zero-order valence-electron chi connectivity index (χ0n) is 14.9. The Morgan fingerprint density at radius 3 is 2.35 bits per heavy atom. The van der Waals surface area contributed by atoms with E-state index >= 15 is 0 Å². The van der Waals surface area contributed by atoms with E-state index in [2.05, 4.69) is 5.32 Å². The Bertz CT molecular complexity index is 868. The van der Waals surface area contributed by atoms with Gasteiger partial charge in [0.15, 0.2) is 0 Å². The number of nitrogens with zero attached hydrogens (tertiary/aromatic N) is 1. The largest absolute Gasteiger partial charge is 0.349 e. The summed E-state index contributed by atoms with van der Waals surface area (Å²) < 4.78 is 1.98. The fourth-order valence-electron chi connectivity index (χ4n) is 6.18. The Morgan fingerprint density at radius 2 is 1.69 bits per heavy atom. The van der Waals surface area contributed by atoms with Crippen LogP contribution in [0.25, 0.3) is 10.9 Å². The molecule has 138 valence electrons. The summed E-state index contributed by atoms with van der Waals surface area (Å²) in [6.45, 7) is 0.336. The second-order valence-electron chi connectivity index (χ2n) is 8.62. The van der Waals surface area contributed by atoms with Crippen LogP contribution >= 0.6 is 12.4 Å². The minimum Gasteiger partial charge on any atom is -0.349 e. The van der Waals surface area contributed by atoms with Crippen LogP contribution in [0.15, 0.2) is 36.5 Å². The quantitative estimate of drug-likeness (QED) is 0.850. The van der Waals surface area contributed by atoms with E-state index in [1.54, 1.807) is 6.07 Å². The van der Waals surface area contributed by atoms with Crippen LogP contribution in [0.1, 0.15) is 38.5 Å². The minimum absolute atomic E-state index is 0. The van der Waals surface area contributed by atoms with Gasteiger partial charge in [0, 0.05) is 17.1 Å². The number of carbonyl (C=O) groups excluding carboxylic acids is 1. The second kappa shape index (κ2) is 6.41. The molecule has 0 saturated heterocycles. The van der Waals surface area contributed by atoms with Gasteiger partial charge in [0.2, 0.25) is 5.91 Å². The number of carbonyl (C=O) groups is 1. The maximum atomic E-state index is 12.8. The summed E-state index contributed by atoms with van der Waals surface area (Å²) in [5.74, 6) is 2.63. The van der Waals surface area contributed by atoms with Crippen molar-refractivity contribution >= 4 is 29.2 Å². The molecular formula is C21H26ClN3O. The number of hydrogen-bond acceptors (Lipinski definition) is 2. The number of para-hydroxylation sites is 1. The number of benzene rings is 1. The van der Waals surface area contributed by atoms with Gasteiger partial charge in [-0.05, 0) is 68.4 Å². The fraction of sp³-hybridized carbons (Fsp3) is 0.524. The van der Waals surface area contributed by atoms with Gasteiger partial charge in [-0.2, -0.15) is 0 Å². The lowest BCUT2D eigenvalue weighted by atomic mass is 9.53. The number of hydrogen-bond donors (Lipinski definition) is 2. The Balaban J connectivity index is 0.00000168. The SMILES string of the molecule is Cl.N=c1ccn(CC(=O)NC23CC4CC(CC(C4)C2)C3)c2ccccc12. The number of fused-ring (bicyclic) bond motifs is 1. The molecule has 4 aliphatic carbocycles. The van der Waals surface area contributed by atoms with Crippen molar-refractivity contribution in [2.24, 2.45) is 17.8 Å². The Kier molecular flexibility index (Phi) is 4.34. The standard InChI is InChI=1S/C21H25N3O.ClH/c22-18-5-6-24(19-4-2-1-3-17(18)19)13-20(25)23-21-10-14-7-15(11-21)9-16(8-14)12-21;/h1-6,14-16,22H,7-13H2,(H,23,25);1H. The van der Waals surface area contributed by atoms with E-state index in [9.17, 15) is 4.79 Å². The number of aromatic nitrogens is 1. The third-order valence-electron chi connectivity index (χ3n) is 6.68. The molecule has 4 nitrogen and oxygen atoms in total. The third-order valence-corrected chi connectivity index (χ3v) is 6.68. The molecule has 1 amide bonds. The maximum absolute atomic E-state index is 12.8. The minimum atomic E-state index is 0. The predicted molar refractivity (Wildman–Crippen MR) is 104 cm³/mol. The van der Waals surface area contributed by atoms with Gasteiger partial charge in [-0.1, -0.05) is 18.2 Å². The first-order valence-corrected chi connectivity index (χ1v) is 9.54. The summed E-state index contributed by atoms with van der Waals surface area (Å²) in [5.41, 5.74) is 1.02. The molecule has 4 saturated carbocycles. The zero-order chi connectivity index (χ0) is 17.0. The first kappa shape index (κ1) is 17.6. The molecule has 2 N–H and O–H groups in total. The van der Waals surface area contributed by atoms with Gasteiger partial charge in [0.1, 0.15) is 6.54 Å². The maximum Gasteiger partial charge on any atom is 0.240 e. The van der Waals surface area contributed by atoms with Gasteiger partial charge in [-0.15, -0.1) is 12.4 Å². The lowest BCUT2D eigenvalue weighted by Gasteiger charge is -2.56. The van der Waals surface area contributed by atoms with Crippen LogP contribution in [0, 0.1) is 23.2 Å². The van der Waals surface area contributed by atoms with E-state index in [1.807, 2.05) is 35.0 Å². The zero-order valence-corrected chi connectivity index (χ0v) is 15.7. The fourth-order valence-corrected chi connectivity index (χ4v) is 6.18. The van der Waals surface area contributed by atoms with E-state index in [0.717, 1.165) is 28.7 Å². The average molecular weight is 372 g/mol. The number of pyridine rings is 1. The lowest BCUT2D eigenvalue weighted by molar-refractivity contribution is -0.127. The van der Waals surface area contributed by atoms with Crippen LogP contribution in [-0.2, 0) is 11.3 Å². The predicted octanol–water partition coefficient (Wildman–Crippen LogP) is 3.63. The van der Waals surface area contributed by atoms with E-state index in [0.29, 0.717) is 11.9 Å². The molecule has 26 heavy (non-hydrogen) atoms. The van der Waals surface area contributed by atoms with Gasteiger partial charge >= 0.3 is 0 Å². The highest BCUT2D eigenvalue weighted by Crippen LogP contribution is 2.55. The van der Waals surface area contributed by atoms with Crippen molar-refractivity contribution in [1.29, 1.82) is 5.41 Å². The highest BCUT2D eigenvalue weighted by molar-refractivity contribution is 5.85. The third kappa shape index (κ3) is 2.94. The summed E-state index contributed by atoms with van der Waals surface area (Å²) in [7, 11) is 0. The Morgan fingerprint density at radius 1 is 1.08 bits per heavy atom. The lowest BCUT2D eigenvalue weighted by Crippen LogP contribution is -2.60. The number of rotatable bonds is 3. The van der Waals surface area contributed by atoms with Crippen LogP contribution in [0.4, 0.5) is 0 Å². The highest BCUT2D eigenvalue weighted by Gasteiger charge is 2.51. The van der Waals surface area contributed by atoms with Gasteiger partial charge in [-0.3, -0.25) is 4.79 Å². The van der Waals surface area contributed by atoms with Crippen LogP contribution in [0.3, 0.4) is 0 Å². The molecule has 6 rings (SSSR count). The summed E-state index contributed by atoms with van der Waals surface area (Å²) in [5, 5.41) is 12.9. The molecule has 4 fully saturated rings. The normalized spacial score (nSPS) is 31.6. The van der Waals surface area contributed by atoms with E-state index < -0.39 is 0 Å². The van der Waals surface area contributed by atoms with Crippen LogP contribution in [0.5, 0.6) is 0 Å². The van der Waals surface area contributed by atoms with Crippen LogP contribution < -0.4 is 10.7 Å². The van der Waals surface area contributed by atoms with Gasteiger partial charge in [-0.25, -0.2) is 0 Å². The molecule has 1 aromatic heterocycles. The molecule has 4 aliphatic rings. The van der Waals surface area contributed by atoms with Crippen molar-refractivity contribution in [1.82, 2.24) is 9.88 Å². The summed E-state index contributed by atoms with van der Waals surface area (Å²) in [6.07, 6.45) is 9.58. The first-order valence-electron chi connectivity index (χ1n) is 9.54. The van der Waals surface area contributed by atoms with Crippen molar-refractivity contribution in [2.45, 2.75) is 50.6 Å². The topological polar surface area (TPSA) is 57.9 Å². The van der Waals surface area contributed by atoms with Crippen LogP contribution in [0.2, 0.25) is 0 Å². The monoisotopic (exact) mass is 371 g/mol. The molecular weight excluding hydrogens is 346 g/mol. The molecule has 0 radical (unpaired) electrons. The Hall–Kier alpha value is -1.81. The molecule has 5 heteroatoms. The summed E-state index contributed by atoms with van der Waals surface area (Å²) in [6, 6.07) is 9.63. The summed E-state index contributed by atoms with van der Waals surface area (Å²) in [4.78, 5) is 12.8. The average Bonchev–Trinajstić information content (AvgIpc) is 2.56. The van der Waals surface area contributed by atoms with Crippen molar-refractivity contribution in [3.05, 3.63) is 41.9 Å². The molecule has 2 aromatic rings. The number of halogens is 1. The van der Waals surface area contributed by atoms with Crippen molar-refractivity contribution < 1.29 is 4.79 Å². The molecule has 0 spiro atoms. The van der Waals surface area contributed by atoms with Crippen molar-refractivity contribution in [3.8, 4) is 0 Å². The first-order chi connectivity index (χ1) is 12.1. The van der Waals surface area contributed by atoms with Gasteiger partial charge < -0.3 is 15.3 Å². The van der Waals surface area contributed by atoms with E-state index in [1.165, 1.54) is 38.5 Å². The van der Waals surface area contributed by atoms with Crippen molar-refractivity contribution in [3.63, 3.8) is 0 Å². The van der Waals surface area contributed by atoms with Crippen molar-refractivity contribution in [2.75, 3.05) is 0 Å². The molecule has 0 unspecified atom stereocenters. The molecule has 1 aromatic carbocycles. The summed E-state index contributed by atoms with van der Waals surface area (Å²) >= 11 is 0. The second-order valence-corrected chi connectivity index (χ2v) is 8.62.